The third-order valence-corrected chi connectivity index (χ3v) is 1.96. The summed E-state index contributed by atoms with van der Waals surface area (Å²) < 4.78 is 45.8. The predicted molar refractivity (Wildman–Crippen MR) is 78.7 cm³/mol. The number of rotatable bonds is 2. The molecule has 0 spiro atoms. The molecule has 1 aliphatic rings. The molecule has 0 amide bonds. The average molecular weight is 385 g/mol. The first-order chi connectivity index (χ1) is 10.1. The number of halogens is 5. The van der Waals surface area contributed by atoms with Gasteiger partial charge in [-0.15, -0.1) is 0 Å². The number of allylic oxidation sites excluding steroid dienone is 1. The fourth-order valence-corrected chi connectivity index (χ4v) is 0.847. The number of hydrogen-bond donors (Lipinski definition) is 3. The largest absolute Gasteiger partial charge is 1.00 e. The summed E-state index contributed by atoms with van der Waals surface area (Å²) in [5, 5.41) is 6.51. The maximum Gasteiger partial charge on any atom is 1.00 e. The number of carboxylic acid groups (broad SMARTS) is 1. The van der Waals surface area contributed by atoms with Crippen LogP contribution in [0.2, 0.25) is 0 Å². The third-order valence-electron chi connectivity index (χ3n) is 1.80. The summed E-state index contributed by atoms with van der Waals surface area (Å²) in [5.74, 6) is -2.35. The number of hydrogen-bond acceptors (Lipinski definition) is 5. The van der Waals surface area contributed by atoms with Crippen LogP contribution in [-0.2, 0) is 4.79 Å². The third kappa shape index (κ3) is 12.2. The Morgan fingerprint density at radius 1 is 1.42 bits per heavy atom. The number of nitrogens with two attached hydrogens (primary N) is 2. The van der Waals surface area contributed by atoms with Crippen molar-refractivity contribution in [2.45, 2.75) is 19.4 Å². The molecule has 13 heteroatoms. The standard InChI is InChI=1S/C4H5F2N3.C4H6N2.C2HClF2O2.CH4.Na/c5-4(6)9-3(7)1-2-8-9;5-4-1-2-6-3-4;3-2(4,5)1(6)7;;/h1-2,4H,7H2;1-2H,3,5H2;(H,6,7);1H4;/q;;;;+1. The van der Waals surface area contributed by atoms with Gasteiger partial charge in [0.1, 0.15) is 5.82 Å². The molecular formula is C11H16ClF4N5NaO2+. The Morgan fingerprint density at radius 2 is 1.92 bits per heavy atom. The van der Waals surface area contributed by atoms with E-state index in [9.17, 15) is 17.6 Å². The van der Waals surface area contributed by atoms with Gasteiger partial charge in [-0.1, -0.05) is 7.43 Å². The minimum Gasteiger partial charge on any atom is -0.476 e. The van der Waals surface area contributed by atoms with E-state index >= 15 is 0 Å². The molecule has 0 saturated carbocycles. The molecule has 1 aromatic rings. The average Bonchev–Trinajstić information content (AvgIpc) is 3.00. The summed E-state index contributed by atoms with van der Waals surface area (Å²) in [6.07, 6.45) is 4.75. The van der Waals surface area contributed by atoms with Gasteiger partial charge in [0, 0.05) is 18.0 Å². The van der Waals surface area contributed by atoms with Crippen molar-refractivity contribution in [3.05, 3.63) is 24.0 Å². The molecule has 1 aliphatic heterocycles. The van der Waals surface area contributed by atoms with Crippen LogP contribution in [0.1, 0.15) is 14.0 Å². The summed E-state index contributed by atoms with van der Waals surface area (Å²) in [5.41, 5.74) is 11.2. The molecule has 24 heavy (non-hydrogen) atoms. The molecular weight excluding hydrogens is 369 g/mol. The smallest absolute Gasteiger partial charge is 0.476 e. The Kier molecular flexibility index (Phi) is 15.0. The second kappa shape index (κ2) is 13.0. The minimum absolute atomic E-state index is 0. The van der Waals surface area contributed by atoms with E-state index in [0.29, 0.717) is 11.2 Å². The van der Waals surface area contributed by atoms with E-state index in [2.05, 4.69) is 21.7 Å². The number of carbonyl (C=O) groups is 1. The van der Waals surface area contributed by atoms with Crippen molar-refractivity contribution in [1.29, 1.82) is 0 Å². The molecule has 2 rings (SSSR count). The van der Waals surface area contributed by atoms with E-state index < -0.39 is 17.9 Å². The van der Waals surface area contributed by atoms with Crippen LogP contribution < -0.4 is 41.0 Å². The van der Waals surface area contributed by atoms with Crippen LogP contribution in [0.4, 0.5) is 23.4 Å². The number of aromatic nitrogens is 2. The Morgan fingerprint density at radius 3 is 2.04 bits per heavy atom. The Labute approximate surface area is 162 Å². The van der Waals surface area contributed by atoms with E-state index in [4.69, 9.17) is 21.4 Å². The summed E-state index contributed by atoms with van der Waals surface area (Å²) >= 11 is 3.94. The number of aliphatic carboxylic acids is 1. The SMILES string of the molecule is C.NC1=CC=NC1.Nc1ccnn1C(F)F.O=C(O)C(F)(F)Cl.[Na+]. The van der Waals surface area contributed by atoms with Gasteiger partial charge in [0.25, 0.3) is 0 Å². The van der Waals surface area contributed by atoms with Crippen molar-refractivity contribution in [3.63, 3.8) is 0 Å². The van der Waals surface area contributed by atoms with Gasteiger partial charge >= 0.3 is 47.5 Å². The van der Waals surface area contributed by atoms with Gasteiger partial charge in [-0.05, 0) is 17.7 Å². The molecule has 132 valence electrons. The van der Waals surface area contributed by atoms with Crippen LogP contribution in [0.3, 0.4) is 0 Å². The first kappa shape index (κ1) is 27.5. The molecule has 0 aliphatic carbocycles. The number of anilines is 1. The molecule has 5 N–H and O–H groups in total. The van der Waals surface area contributed by atoms with Crippen molar-refractivity contribution >= 4 is 29.6 Å². The van der Waals surface area contributed by atoms with Crippen molar-refractivity contribution in [2.75, 3.05) is 12.3 Å². The van der Waals surface area contributed by atoms with Gasteiger partial charge < -0.3 is 16.6 Å². The van der Waals surface area contributed by atoms with Gasteiger partial charge in [0.05, 0.1) is 12.7 Å². The molecule has 7 nitrogen and oxygen atoms in total. The van der Waals surface area contributed by atoms with E-state index in [1.54, 1.807) is 12.3 Å². The Bertz CT molecular complexity index is 549. The van der Waals surface area contributed by atoms with Crippen LogP contribution in [0, 0.1) is 0 Å². The van der Waals surface area contributed by atoms with Crippen LogP contribution in [0.5, 0.6) is 0 Å². The first-order valence-electron chi connectivity index (χ1n) is 5.37. The molecule has 0 saturated heterocycles. The van der Waals surface area contributed by atoms with Gasteiger partial charge in [0.2, 0.25) is 0 Å². The second-order valence-electron chi connectivity index (χ2n) is 3.51. The molecule has 0 atom stereocenters. The quantitative estimate of drug-likeness (QED) is 0.354. The molecule has 2 heterocycles. The first-order valence-corrected chi connectivity index (χ1v) is 5.75. The molecule has 0 bridgehead atoms. The fraction of sp³-hybridized carbons (Fsp3) is 0.364. The number of carboxylic acids is 1. The number of nitrogens with zero attached hydrogens (tertiary/aromatic N) is 3. The van der Waals surface area contributed by atoms with Crippen molar-refractivity contribution in [3.8, 4) is 0 Å². The molecule has 1 aromatic heterocycles. The number of alkyl halides is 5. The van der Waals surface area contributed by atoms with Crippen molar-refractivity contribution in [1.82, 2.24) is 9.78 Å². The van der Waals surface area contributed by atoms with Gasteiger partial charge in [-0.3, -0.25) is 4.99 Å². The molecule has 0 radical (unpaired) electrons. The molecule has 0 fully saturated rings. The summed E-state index contributed by atoms with van der Waals surface area (Å²) in [4.78, 5) is 13.0. The van der Waals surface area contributed by atoms with Gasteiger partial charge in [0.15, 0.2) is 0 Å². The maximum absolute atomic E-state index is 11.7. The topological polar surface area (TPSA) is 120 Å². The van der Waals surface area contributed by atoms with Gasteiger partial charge in [-0.25, -0.2) is 4.79 Å². The monoisotopic (exact) mass is 384 g/mol. The Balaban J connectivity index is -0.000000270. The summed E-state index contributed by atoms with van der Waals surface area (Å²) in [6, 6.07) is 1.31. The minimum atomic E-state index is -4.11. The maximum atomic E-state index is 11.7. The normalized spacial score (nSPS) is 11.8. The zero-order valence-corrected chi connectivity index (χ0v) is 14.6. The summed E-state index contributed by atoms with van der Waals surface area (Å²) in [6.45, 7) is -1.94. The second-order valence-corrected chi connectivity index (χ2v) is 3.99. The zero-order chi connectivity index (χ0) is 17.3. The number of nitrogen functional groups attached to an aromatic ring is 1. The van der Waals surface area contributed by atoms with Crippen LogP contribution in [0.25, 0.3) is 0 Å². The van der Waals surface area contributed by atoms with E-state index in [1.807, 2.05) is 0 Å². The van der Waals surface area contributed by atoms with Gasteiger partial charge in [-0.2, -0.15) is 27.3 Å². The predicted octanol–water partition coefficient (Wildman–Crippen LogP) is -0.683. The van der Waals surface area contributed by atoms with E-state index in [0.717, 1.165) is 5.70 Å². The summed E-state index contributed by atoms with van der Waals surface area (Å²) in [7, 11) is 0. The van der Waals surface area contributed by atoms with E-state index in [1.165, 1.54) is 12.3 Å². The van der Waals surface area contributed by atoms with Crippen LogP contribution >= 0.6 is 11.6 Å². The Hall–Kier alpha value is -1.30. The van der Waals surface area contributed by atoms with Crippen LogP contribution in [-0.4, -0.2) is 39.0 Å². The zero-order valence-electron chi connectivity index (χ0n) is 11.8. The number of aliphatic imine (C=N–C) groups is 1. The molecule has 0 aromatic carbocycles. The fourth-order valence-electron chi connectivity index (χ4n) is 0.847. The molecule has 0 unspecified atom stereocenters. The van der Waals surface area contributed by atoms with E-state index in [-0.39, 0.29) is 42.8 Å². The van der Waals surface area contributed by atoms with Crippen LogP contribution in [0.15, 0.2) is 29.0 Å². The van der Waals surface area contributed by atoms with Crippen molar-refractivity contribution in [2.24, 2.45) is 10.7 Å². The van der Waals surface area contributed by atoms with Crippen molar-refractivity contribution < 1.29 is 57.0 Å².